The van der Waals surface area contributed by atoms with E-state index in [4.69, 9.17) is 9.72 Å². The number of hydrogen-bond acceptors (Lipinski definition) is 4. The summed E-state index contributed by atoms with van der Waals surface area (Å²) < 4.78 is 9.22. The van der Waals surface area contributed by atoms with Crippen LogP contribution in [0.3, 0.4) is 0 Å². The molecular weight excluding hydrogens is 913 g/mol. The van der Waals surface area contributed by atoms with E-state index in [1.165, 1.54) is 55.8 Å². The van der Waals surface area contributed by atoms with Gasteiger partial charge in [0.25, 0.3) is 0 Å². The first kappa shape index (κ1) is 47.3. The van der Waals surface area contributed by atoms with Gasteiger partial charge in [-0.1, -0.05) is 193 Å². The highest BCUT2D eigenvalue weighted by Crippen LogP contribution is 2.51. The molecule has 0 atom stereocenters. The van der Waals surface area contributed by atoms with Crippen LogP contribution >= 0.6 is 0 Å². The Kier molecular flexibility index (Phi) is 11.8. The van der Waals surface area contributed by atoms with E-state index in [0.29, 0.717) is 6.67 Å². The number of nitrogens with zero attached hydrogens (tertiary/aromatic N) is 4. The molecule has 0 unspecified atom stereocenters. The highest BCUT2D eigenvalue weighted by molar-refractivity contribution is 6.11. The number of aryl methyl sites for hydroxylation is 2. The second-order valence-corrected chi connectivity index (χ2v) is 22.3. The Labute approximate surface area is 442 Å². The van der Waals surface area contributed by atoms with Crippen molar-refractivity contribution in [3.8, 4) is 61.8 Å². The number of hydrogen-bond donors (Lipinski definition) is 0. The molecule has 368 valence electrons. The van der Waals surface area contributed by atoms with Crippen molar-refractivity contribution in [2.75, 3.05) is 16.5 Å². The first-order valence-electron chi connectivity index (χ1n) is 26.2. The molecule has 0 radical (unpaired) electrons. The maximum absolute atomic E-state index is 6.93. The lowest BCUT2D eigenvalue weighted by atomic mass is 9.86. The molecule has 5 nitrogen and oxygen atoms in total. The number of aromatic nitrogens is 2. The summed E-state index contributed by atoms with van der Waals surface area (Å²) in [6, 6.07) is 77.1. The molecule has 0 aliphatic carbocycles. The fourth-order valence-corrected chi connectivity index (χ4v) is 10.9. The zero-order chi connectivity index (χ0) is 51.6. The third kappa shape index (κ3) is 8.93. The minimum atomic E-state index is 0.0588. The lowest BCUT2D eigenvalue weighted by Gasteiger charge is -2.27. The first-order chi connectivity index (χ1) is 36.2. The van der Waals surface area contributed by atoms with Crippen LogP contribution in [-0.2, 0) is 10.8 Å². The molecule has 3 heterocycles. The van der Waals surface area contributed by atoms with Gasteiger partial charge in [-0.3, -0.25) is 4.57 Å². The molecule has 1 aliphatic heterocycles. The fraction of sp³-hybridized carbons (Fsp3) is 0.157. The maximum atomic E-state index is 6.93. The van der Waals surface area contributed by atoms with E-state index in [1.807, 2.05) is 6.20 Å². The Balaban J connectivity index is 0.922. The molecular formula is C70H62N4O. The van der Waals surface area contributed by atoms with Crippen LogP contribution in [0.1, 0.15) is 63.8 Å². The van der Waals surface area contributed by atoms with Crippen molar-refractivity contribution in [2.24, 2.45) is 0 Å². The zero-order valence-corrected chi connectivity index (χ0v) is 44.2. The van der Waals surface area contributed by atoms with Gasteiger partial charge in [0, 0.05) is 51.5 Å². The Morgan fingerprint density at radius 1 is 0.427 bits per heavy atom. The molecule has 0 N–H and O–H groups in total. The van der Waals surface area contributed by atoms with E-state index in [2.05, 4.69) is 282 Å². The van der Waals surface area contributed by atoms with E-state index in [9.17, 15) is 0 Å². The summed E-state index contributed by atoms with van der Waals surface area (Å²) in [4.78, 5) is 10.1. The average molecular weight is 975 g/mol. The van der Waals surface area contributed by atoms with Gasteiger partial charge in [0.2, 0.25) is 0 Å². The molecule has 0 spiro atoms. The Morgan fingerprint density at radius 3 is 1.67 bits per heavy atom. The second kappa shape index (κ2) is 18.7. The molecule has 1 aliphatic rings. The van der Waals surface area contributed by atoms with Crippen LogP contribution in [0.4, 0.5) is 22.7 Å². The maximum Gasteiger partial charge on any atom is 0.137 e. The van der Waals surface area contributed by atoms with Crippen LogP contribution in [0.15, 0.2) is 219 Å². The largest absolute Gasteiger partial charge is 0.457 e. The minimum Gasteiger partial charge on any atom is -0.457 e. The first-order valence-corrected chi connectivity index (χ1v) is 26.2. The quantitative estimate of drug-likeness (QED) is 0.144. The van der Waals surface area contributed by atoms with Gasteiger partial charge in [0.05, 0.1) is 28.1 Å². The molecule has 12 rings (SSSR count). The Bertz CT molecular complexity index is 3910. The van der Waals surface area contributed by atoms with E-state index in [-0.39, 0.29) is 10.8 Å². The summed E-state index contributed by atoms with van der Waals surface area (Å²) in [5.41, 5.74) is 21.2. The average Bonchev–Trinajstić information content (AvgIpc) is 3.98. The van der Waals surface area contributed by atoms with Crippen LogP contribution in [0.2, 0.25) is 0 Å². The Hall–Kier alpha value is -8.67. The molecule has 0 fully saturated rings. The number of rotatable bonds is 9. The Morgan fingerprint density at radius 2 is 1.00 bits per heavy atom. The smallest absolute Gasteiger partial charge is 0.137 e. The van der Waals surface area contributed by atoms with Gasteiger partial charge in [0.1, 0.15) is 24.0 Å². The predicted molar refractivity (Wildman–Crippen MR) is 316 cm³/mol. The molecule has 75 heavy (non-hydrogen) atoms. The normalized spacial score (nSPS) is 12.7. The molecule has 2 aromatic heterocycles. The van der Waals surface area contributed by atoms with Crippen molar-refractivity contribution in [2.45, 2.75) is 66.2 Å². The fourth-order valence-electron chi connectivity index (χ4n) is 10.9. The SMILES string of the molecule is Cc1ccc(-c2cnc(-n3c4ccc(-c5ccc(C(C)(C)C)cc5)cc4c4ccc(Oc5cccc(N6CN(c7c(-c8ccccc8)cccc7-c7ccc(C(C)(C)C)cc7)c7ccccc76)c5)cc43)cc2C)cc1. The molecule has 0 amide bonds. The lowest BCUT2D eigenvalue weighted by Crippen LogP contribution is -2.25. The van der Waals surface area contributed by atoms with Gasteiger partial charge in [-0.25, -0.2) is 4.98 Å². The lowest BCUT2D eigenvalue weighted by molar-refractivity contribution is 0.483. The van der Waals surface area contributed by atoms with Crippen molar-refractivity contribution >= 4 is 44.6 Å². The third-order valence-electron chi connectivity index (χ3n) is 15.1. The van der Waals surface area contributed by atoms with Gasteiger partial charge < -0.3 is 14.5 Å². The highest BCUT2D eigenvalue weighted by atomic mass is 16.5. The zero-order valence-electron chi connectivity index (χ0n) is 44.2. The summed E-state index contributed by atoms with van der Waals surface area (Å²) in [6.07, 6.45) is 2.02. The standard InChI is InChI=1S/C70H62N4O/c1-46-24-26-51(27-25-46)62-44-71-67(40-47(62)2)74-63-39-32-52(48-28-33-53(34-29-48)69(3,4)5)41-61(63)60-38-37-57(43-66(60)74)75-56-19-14-18-55(42-56)72-45-73(65-23-13-12-22-64(65)72)68-58(49-16-10-9-11-17-49)20-15-21-59(68)50-30-35-54(36-31-50)70(6,7)8/h9-44H,45H2,1-8H3. The van der Waals surface area contributed by atoms with E-state index in [1.54, 1.807) is 0 Å². The molecule has 11 aromatic rings. The highest BCUT2D eigenvalue weighted by Gasteiger charge is 2.32. The van der Waals surface area contributed by atoms with Crippen LogP contribution in [0, 0.1) is 13.8 Å². The summed E-state index contributed by atoms with van der Waals surface area (Å²) in [5, 5.41) is 2.30. The van der Waals surface area contributed by atoms with Gasteiger partial charge in [-0.15, -0.1) is 0 Å². The van der Waals surface area contributed by atoms with Crippen molar-refractivity contribution < 1.29 is 4.74 Å². The van der Waals surface area contributed by atoms with Crippen LogP contribution in [-0.4, -0.2) is 16.2 Å². The second-order valence-electron chi connectivity index (χ2n) is 22.3. The number of ether oxygens (including phenoxy) is 1. The van der Waals surface area contributed by atoms with Gasteiger partial charge in [-0.05, 0) is 124 Å². The van der Waals surface area contributed by atoms with Crippen LogP contribution in [0.5, 0.6) is 11.5 Å². The third-order valence-corrected chi connectivity index (χ3v) is 15.1. The summed E-state index contributed by atoms with van der Waals surface area (Å²) in [6.45, 7) is 18.5. The molecule has 0 saturated heterocycles. The predicted octanol–water partition coefficient (Wildman–Crippen LogP) is 19.1. The minimum absolute atomic E-state index is 0.0588. The van der Waals surface area contributed by atoms with Crippen LogP contribution < -0.4 is 14.5 Å². The summed E-state index contributed by atoms with van der Waals surface area (Å²) in [5.74, 6) is 2.37. The number of anilines is 4. The number of para-hydroxylation sites is 3. The number of pyridine rings is 1. The van der Waals surface area contributed by atoms with Gasteiger partial charge in [0.15, 0.2) is 0 Å². The summed E-state index contributed by atoms with van der Waals surface area (Å²) >= 11 is 0. The van der Waals surface area contributed by atoms with Crippen LogP contribution in [0.25, 0.3) is 72.1 Å². The van der Waals surface area contributed by atoms with Crippen molar-refractivity contribution in [3.63, 3.8) is 0 Å². The van der Waals surface area contributed by atoms with Crippen molar-refractivity contribution in [3.05, 3.63) is 241 Å². The molecule has 9 aromatic carbocycles. The van der Waals surface area contributed by atoms with Gasteiger partial charge >= 0.3 is 0 Å². The van der Waals surface area contributed by atoms with E-state index < -0.39 is 0 Å². The van der Waals surface area contributed by atoms with E-state index >= 15 is 0 Å². The number of fused-ring (bicyclic) bond motifs is 4. The monoisotopic (exact) mass is 974 g/mol. The van der Waals surface area contributed by atoms with Crippen molar-refractivity contribution in [1.29, 1.82) is 0 Å². The molecule has 0 saturated carbocycles. The topological polar surface area (TPSA) is 33.5 Å². The number of benzene rings is 9. The molecule has 5 heteroatoms. The van der Waals surface area contributed by atoms with Gasteiger partial charge in [-0.2, -0.15) is 0 Å². The summed E-state index contributed by atoms with van der Waals surface area (Å²) in [7, 11) is 0. The van der Waals surface area contributed by atoms with Crippen molar-refractivity contribution in [1.82, 2.24) is 9.55 Å². The molecule has 0 bridgehead atoms. The van der Waals surface area contributed by atoms with E-state index in [0.717, 1.165) is 72.9 Å².